The van der Waals surface area contributed by atoms with Crippen molar-refractivity contribution in [3.8, 4) is 0 Å². The molecule has 1 heterocycles. The molecule has 0 aromatic carbocycles. The summed E-state index contributed by atoms with van der Waals surface area (Å²) in [5, 5.41) is 9.27. The van der Waals surface area contributed by atoms with Gasteiger partial charge in [0, 0.05) is 16.7 Å². The zero-order valence-electron chi connectivity index (χ0n) is 11.3. The van der Waals surface area contributed by atoms with Gasteiger partial charge in [0.25, 0.3) is 15.0 Å². The van der Waals surface area contributed by atoms with Gasteiger partial charge in [-0.15, -0.1) is 0 Å². The van der Waals surface area contributed by atoms with Gasteiger partial charge in [0.2, 0.25) is 0 Å². The van der Waals surface area contributed by atoms with Crippen LogP contribution in [0.5, 0.6) is 0 Å². The number of hydrogen-bond acceptors (Lipinski definition) is 4. The summed E-state index contributed by atoms with van der Waals surface area (Å²) in [6, 6.07) is 0.0969. The predicted octanol–water partition coefficient (Wildman–Crippen LogP) is 1.96. The normalized spacial score (nSPS) is 16.5. The Morgan fingerprint density at radius 3 is 2.65 bits per heavy atom. The molecule has 0 atom stereocenters. The van der Waals surface area contributed by atoms with E-state index in [1.807, 2.05) is 6.92 Å². The number of halogens is 1. The minimum absolute atomic E-state index is 0.0969. The number of hydrogen-bond donors (Lipinski definition) is 2. The van der Waals surface area contributed by atoms with Gasteiger partial charge in [0.05, 0.1) is 5.69 Å². The van der Waals surface area contributed by atoms with E-state index in [1.54, 1.807) is 0 Å². The number of aromatic amines is 1. The van der Waals surface area contributed by atoms with Crippen molar-refractivity contribution in [3.63, 3.8) is 0 Å². The molecule has 8 heteroatoms. The van der Waals surface area contributed by atoms with Crippen LogP contribution >= 0.6 is 10.7 Å². The molecule has 0 bridgehead atoms. The highest BCUT2D eigenvalue weighted by atomic mass is 35.7. The van der Waals surface area contributed by atoms with Gasteiger partial charge < -0.3 is 5.32 Å². The van der Waals surface area contributed by atoms with Gasteiger partial charge in [-0.25, -0.2) is 8.42 Å². The molecule has 112 valence electrons. The summed E-state index contributed by atoms with van der Waals surface area (Å²) in [6.45, 7) is 1.91. The van der Waals surface area contributed by atoms with Crippen LogP contribution in [0.25, 0.3) is 0 Å². The first-order valence-electron chi connectivity index (χ1n) is 6.76. The van der Waals surface area contributed by atoms with Crippen molar-refractivity contribution in [2.24, 2.45) is 0 Å². The number of aryl methyl sites for hydroxylation is 1. The Morgan fingerprint density at radius 1 is 1.45 bits per heavy atom. The van der Waals surface area contributed by atoms with E-state index >= 15 is 0 Å². The Bertz CT molecular complexity index is 591. The lowest BCUT2D eigenvalue weighted by atomic mass is 10.2. The molecule has 1 aliphatic carbocycles. The molecule has 1 saturated carbocycles. The Hall–Kier alpha value is -1.08. The van der Waals surface area contributed by atoms with Crippen LogP contribution in [0.2, 0.25) is 0 Å². The molecule has 1 aromatic heterocycles. The summed E-state index contributed by atoms with van der Waals surface area (Å²) in [5.74, 6) is -0.477. The molecule has 0 spiro atoms. The van der Waals surface area contributed by atoms with E-state index in [0.717, 1.165) is 32.1 Å². The van der Waals surface area contributed by atoms with E-state index in [-0.39, 0.29) is 16.6 Å². The molecular formula is C12H18ClN3O3S. The van der Waals surface area contributed by atoms with Crippen molar-refractivity contribution in [1.29, 1.82) is 0 Å². The average Bonchev–Trinajstić information content (AvgIpc) is 2.97. The Labute approximate surface area is 122 Å². The SMILES string of the molecule is CCCc1[nH]nc(C(=O)NC2CCCC2)c1S(=O)(=O)Cl. The van der Waals surface area contributed by atoms with Gasteiger partial charge in [-0.05, 0) is 19.3 Å². The fraction of sp³-hybridized carbons (Fsp3) is 0.667. The first kappa shape index (κ1) is 15.3. The number of amides is 1. The summed E-state index contributed by atoms with van der Waals surface area (Å²) in [6.07, 6.45) is 5.19. The second-order valence-electron chi connectivity index (χ2n) is 5.02. The second-order valence-corrected chi connectivity index (χ2v) is 7.53. The maximum Gasteiger partial charge on any atom is 0.273 e. The second kappa shape index (κ2) is 6.13. The zero-order valence-corrected chi connectivity index (χ0v) is 12.9. The van der Waals surface area contributed by atoms with Gasteiger partial charge >= 0.3 is 0 Å². The molecule has 1 fully saturated rings. The van der Waals surface area contributed by atoms with Crippen LogP contribution < -0.4 is 5.32 Å². The van der Waals surface area contributed by atoms with Gasteiger partial charge in [-0.1, -0.05) is 26.2 Å². The molecule has 0 aliphatic heterocycles. The monoisotopic (exact) mass is 319 g/mol. The van der Waals surface area contributed by atoms with Crippen LogP contribution in [0.15, 0.2) is 4.90 Å². The van der Waals surface area contributed by atoms with Gasteiger partial charge in [-0.3, -0.25) is 9.89 Å². The lowest BCUT2D eigenvalue weighted by molar-refractivity contribution is 0.0929. The van der Waals surface area contributed by atoms with Crippen LogP contribution in [0.4, 0.5) is 0 Å². The van der Waals surface area contributed by atoms with Crippen LogP contribution in [0.3, 0.4) is 0 Å². The van der Waals surface area contributed by atoms with Crippen molar-refractivity contribution < 1.29 is 13.2 Å². The van der Waals surface area contributed by atoms with Crippen molar-refractivity contribution in [2.75, 3.05) is 0 Å². The lowest BCUT2D eigenvalue weighted by Gasteiger charge is -2.10. The molecule has 2 rings (SSSR count). The smallest absolute Gasteiger partial charge is 0.273 e. The van der Waals surface area contributed by atoms with E-state index in [4.69, 9.17) is 10.7 Å². The highest BCUT2D eigenvalue weighted by molar-refractivity contribution is 8.13. The molecule has 2 N–H and O–H groups in total. The standard InChI is InChI=1S/C12H18ClN3O3S/c1-2-5-9-11(20(13,18)19)10(16-15-9)12(17)14-8-6-3-4-7-8/h8H,2-7H2,1H3,(H,14,17)(H,15,16). The summed E-state index contributed by atoms with van der Waals surface area (Å²) in [7, 11) is 1.43. The largest absolute Gasteiger partial charge is 0.348 e. The van der Waals surface area contributed by atoms with Crippen molar-refractivity contribution in [2.45, 2.75) is 56.4 Å². The minimum atomic E-state index is -4.00. The molecule has 1 amide bonds. The quantitative estimate of drug-likeness (QED) is 0.811. The van der Waals surface area contributed by atoms with E-state index < -0.39 is 15.0 Å². The zero-order chi connectivity index (χ0) is 14.8. The van der Waals surface area contributed by atoms with E-state index in [9.17, 15) is 13.2 Å². The molecule has 1 aliphatic rings. The number of rotatable bonds is 5. The number of nitrogens with one attached hydrogen (secondary N) is 2. The predicted molar refractivity (Wildman–Crippen MR) is 75.3 cm³/mol. The molecule has 0 saturated heterocycles. The summed E-state index contributed by atoms with van der Waals surface area (Å²) >= 11 is 0. The van der Waals surface area contributed by atoms with Gasteiger partial charge in [0.15, 0.2) is 5.69 Å². The maximum absolute atomic E-state index is 12.2. The Balaban J connectivity index is 2.28. The first-order chi connectivity index (χ1) is 9.43. The number of carbonyl (C=O) groups excluding carboxylic acids is 1. The van der Waals surface area contributed by atoms with Crippen molar-refractivity contribution >= 4 is 25.6 Å². The number of carbonyl (C=O) groups is 1. The first-order valence-corrected chi connectivity index (χ1v) is 9.07. The molecular weight excluding hydrogens is 302 g/mol. The van der Waals surface area contributed by atoms with Gasteiger partial charge in [-0.2, -0.15) is 5.10 Å². The highest BCUT2D eigenvalue weighted by Gasteiger charge is 2.29. The van der Waals surface area contributed by atoms with Crippen LogP contribution in [-0.4, -0.2) is 30.6 Å². The Kier molecular flexibility index (Phi) is 4.70. The fourth-order valence-electron chi connectivity index (χ4n) is 2.53. The summed E-state index contributed by atoms with van der Waals surface area (Å²) in [4.78, 5) is 12.0. The summed E-state index contributed by atoms with van der Waals surface area (Å²) < 4.78 is 23.4. The van der Waals surface area contributed by atoms with E-state index in [2.05, 4.69) is 15.5 Å². The number of nitrogens with zero attached hydrogens (tertiary/aromatic N) is 1. The lowest BCUT2D eigenvalue weighted by Crippen LogP contribution is -2.33. The molecule has 0 radical (unpaired) electrons. The van der Waals surface area contributed by atoms with Crippen molar-refractivity contribution in [3.05, 3.63) is 11.4 Å². The van der Waals surface area contributed by atoms with Crippen LogP contribution in [-0.2, 0) is 15.5 Å². The average molecular weight is 320 g/mol. The highest BCUT2D eigenvalue weighted by Crippen LogP contribution is 2.24. The summed E-state index contributed by atoms with van der Waals surface area (Å²) in [5.41, 5.74) is 0.259. The molecule has 1 aromatic rings. The van der Waals surface area contributed by atoms with E-state index in [1.165, 1.54) is 0 Å². The molecule has 0 unspecified atom stereocenters. The topological polar surface area (TPSA) is 91.9 Å². The number of H-pyrrole nitrogens is 1. The van der Waals surface area contributed by atoms with Crippen LogP contribution in [0.1, 0.15) is 55.2 Å². The third kappa shape index (κ3) is 3.32. The molecule has 20 heavy (non-hydrogen) atoms. The fourth-order valence-corrected chi connectivity index (χ4v) is 3.84. The minimum Gasteiger partial charge on any atom is -0.348 e. The third-order valence-corrected chi connectivity index (χ3v) is 4.83. The third-order valence-electron chi connectivity index (χ3n) is 3.44. The maximum atomic E-state index is 12.2. The van der Waals surface area contributed by atoms with Crippen LogP contribution in [0, 0.1) is 0 Å². The Morgan fingerprint density at radius 2 is 2.10 bits per heavy atom. The van der Waals surface area contributed by atoms with Crippen molar-refractivity contribution in [1.82, 2.24) is 15.5 Å². The number of aromatic nitrogens is 2. The molecule has 6 nitrogen and oxygen atoms in total. The van der Waals surface area contributed by atoms with Gasteiger partial charge in [0.1, 0.15) is 4.90 Å². The van der Waals surface area contributed by atoms with E-state index in [0.29, 0.717) is 12.1 Å².